The second-order valence-corrected chi connectivity index (χ2v) is 7.67. The first-order valence-electron chi connectivity index (χ1n) is 7.68. The fourth-order valence-electron chi connectivity index (χ4n) is 5.28. The van der Waals surface area contributed by atoms with Gasteiger partial charge in [-0.1, -0.05) is 20.8 Å². The molecule has 1 heteroatoms. The number of fused-ring (bicyclic) bond motifs is 2. The molecule has 0 aromatic rings. The zero-order valence-corrected chi connectivity index (χ0v) is 11.7. The summed E-state index contributed by atoms with van der Waals surface area (Å²) in [7, 11) is 0. The van der Waals surface area contributed by atoms with Crippen LogP contribution in [0.1, 0.15) is 59.3 Å². The Hall–Kier alpha value is -0.0400. The van der Waals surface area contributed by atoms with E-state index >= 15 is 0 Å². The van der Waals surface area contributed by atoms with Crippen molar-refractivity contribution in [2.75, 3.05) is 0 Å². The molecule has 3 fully saturated rings. The van der Waals surface area contributed by atoms with E-state index < -0.39 is 0 Å². The fraction of sp³-hybridized carbons (Fsp3) is 1.00. The molecule has 0 saturated heterocycles. The zero-order valence-electron chi connectivity index (χ0n) is 11.7. The molecule has 3 rings (SSSR count). The molecule has 98 valence electrons. The summed E-state index contributed by atoms with van der Waals surface area (Å²) in [5.74, 6) is 4.83. The van der Waals surface area contributed by atoms with Crippen LogP contribution in [0.5, 0.6) is 0 Å². The van der Waals surface area contributed by atoms with E-state index in [1.165, 1.54) is 25.7 Å². The number of hydrogen-bond acceptors (Lipinski definition) is 1. The molecule has 0 aliphatic heterocycles. The molecule has 17 heavy (non-hydrogen) atoms. The first-order valence-corrected chi connectivity index (χ1v) is 7.68. The third-order valence-corrected chi connectivity index (χ3v) is 6.88. The molecule has 0 amide bonds. The maximum atomic E-state index is 9.64. The fourth-order valence-corrected chi connectivity index (χ4v) is 5.28. The molecule has 0 aromatic carbocycles. The third kappa shape index (κ3) is 1.77. The van der Waals surface area contributed by atoms with Gasteiger partial charge in [0.15, 0.2) is 0 Å². The van der Waals surface area contributed by atoms with Gasteiger partial charge in [0.05, 0.1) is 6.10 Å². The lowest BCUT2D eigenvalue weighted by Gasteiger charge is -2.44. The largest absolute Gasteiger partial charge is 0.393 e. The molecule has 4 atom stereocenters. The molecule has 3 aliphatic carbocycles. The van der Waals surface area contributed by atoms with Crippen molar-refractivity contribution < 1.29 is 5.11 Å². The summed E-state index contributed by atoms with van der Waals surface area (Å²) in [4.78, 5) is 0. The summed E-state index contributed by atoms with van der Waals surface area (Å²) in [5.41, 5.74) is 0.593. The lowest BCUT2D eigenvalue weighted by molar-refractivity contribution is 0.0336. The lowest BCUT2D eigenvalue weighted by atomic mass is 9.62. The highest BCUT2D eigenvalue weighted by atomic mass is 16.3. The van der Waals surface area contributed by atoms with Gasteiger partial charge in [-0.15, -0.1) is 0 Å². The quantitative estimate of drug-likeness (QED) is 0.733. The topological polar surface area (TPSA) is 20.2 Å². The van der Waals surface area contributed by atoms with E-state index in [9.17, 15) is 5.11 Å². The van der Waals surface area contributed by atoms with Gasteiger partial charge in [0, 0.05) is 0 Å². The van der Waals surface area contributed by atoms with E-state index in [1.54, 1.807) is 0 Å². The third-order valence-electron chi connectivity index (χ3n) is 6.88. The van der Waals surface area contributed by atoms with Gasteiger partial charge in [-0.3, -0.25) is 0 Å². The minimum atomic E-state index is 0.0127. The van der Waals surface area contributed by atoms with Gasteiger partial charge in [-0.25, -0.2) is 0 Å². The van der Waals surface area contributed by atoms with Crippen molar-refractivity contribution >= 4 is 0 Å². The lowest BCUT2D eigenvalue weighted by Crippen LogP contribution is -2.37. The molecule has 3 saturated carbocycles. The molecule has 1 nitrogen and oxygen atoms in total. The van der Waals surface area contributed by atoms with Crippen LogP contribution in [0.25, 0.3) is 0 Å². The molecule has 0 heterocycles. The number of aliphatic hydroxyl groups is 1. The van der Waals surface area contributed by atoms with E-state index in [0.29, 0.717) is 5.41 Å². The Morgan fingerprint density at radius 3 is 2.06 bits per heavy atom. The monoisotopic (exact) mass is 236 g/mol. The Balaban J connectivity index is 1.68. The summed E-state index contributed by atoms with van der Waals surface area (Å²) in [5, 5.41) is 9.64. The van der Waals surface area contributed by atoms with E-state index in [-0.39, 0.29) is 6.10 Å². The predicted octanol–water partition coefficient (Wildman–Crippen LogP) is 3.86. The molecule has 1 N–H and O–H groups in total. The van der Waals surface area contributed by atoms with Crippen molar-refractivity contribution in [2.24, 2.45) is 35.0 Å². The van der Waals surface area contributed by atoms with E-state index in [1.807, 2.05) is 0 Å². The van der Waals surface area contributed by atoms with Crippen molar-refractivity contribution in [2.45, 2.75) is 65.4 Å². The van der Waals surface area contributed by atoms with E-state index in [4.69, 9.17) is 0 Å². The maximum Gasteiger partial charge on any atom is 0.0540 e. The normalized spacial score (nSPS) is 52.9. The van der Waals surface area contributed by atoms with Crippen molar-refractivity contribution in [1.82, 2.24) is 0 Å². The molecule has 2 bridgehead atoms. The molecular weight excluding hydrogens is 208 g/mol. The van der Waals surface area contributed by atoms with Crippen LogP contribution in [-0.4, -0.2) is 11.2 Å². The SMILES string of the molecule is C[C@@H]1[C@@H]2C[C@@H](C[C@H]2C2CCC(O)CC2)C1(C)C. The van der Waals surface area contributed by atoms with Gasteiger partial charge >= 0.3 is 0 Å². The Kier molecular flexibility index (Phi) is 2.81. The maximum absolute atomic E-state index is 9.64. The Morgan fingerprint density at radius 1 is 0.941 bits per heavy atom. The summed E-state index contributed by atoms with van der Waals surface area (Å²) in [6, 6.07) is 0. The second-order valence-electron chi connectivity index (χ2n) is 7.67. The van der Waals surface area contributed by atoms with Crippen LogP contribution in [0.15, 0.2) is 0 Å². The summed E-state index contributed by atoms with van der Waals surface area (Å²) >= 11 is 0. The highest BCUT2D eigenvalue weighted by Crippen LogP contribution is 2.63. The highest BCUT2D eigenvalue weighted by Gasteiger charge is 2.56. The average molecular weight is 236 g/mol. The Morgan fingerprint density at radius 2 is 1.53 bits per heavy atom. The van der Waals surface area contributed by atoms with Crippen LogP contribution in [0.2, 0.25) is 0 Å². The van der Waals surface area contributed by atoms with Gasteiger partial charge in [-0.2, -0.15) is 0 Å². The number of hydrogen-bond donors (Lipinski definition) is 1. The molecule has 3 aliphatic rings. The second kappa shape index (κ2) is 3.98. The van der Waals surface area contributed by atoms with Crippen molar-refractivity contribution in [3.8, 4) is 0 Å². The molecule has 0 unspecified atom stereocenters. The van der Waals surface area contributed by atoms with Crippen molar-refractivity contribution in [1.29, 1.82) is 0 Å². The van der Waals surface area contributed by atoms with Crippen LogP contribution in [0.4, 0.5) is 0 Å². The highest BCUT2D eigenvalue weighted by molar-refractivity contribution is 5.05. The van der Waals surface area contributed by atoms with Gasteiger partial charge in [-0.05, 0) is 73.5 Å². The summed E-state index contributed by atoms with van der Waals surface area (Å²) in [6.07, 6.45) is 7.72. The first-order chi connectivity index (χ1) is 8.00. The van der Waals surface area contributed by atoms with Gasteiger partial charge in [0.1, 0.15) is 0 Å². The molecule has 0 aromatic heterocycles. The Bertz CT molecular complexity index is 284. The molecule has 0 spiro atoms. The van der Waals surface area contributed by atoms with Crippen LogP contribution in [0, 0.1) is 35.0 Å². The minimum absolute atomic E-state index is 0.0127. The molecular formula is C16H28O. The predicted molar refractivity (Wildman–Crippen MR) is 70.6 cm³/mol. The first kappa shape index (κ1) is 12.0. The smallest absolute Gasteiger partial charge is 0.0540 e. The number of aliphatic hydroxyl groups excluding tert-OH is 1. The summed E-state index contributed by atoms with van der Waals surface area (Å²) < 4.78 is 0. The van der Waals surface area contributed by atoms with Gasteiger partial charge < -0.3 is 5.11 Å². The van der Waals surface area contributed by atoms with Gasteiger partial charge in [0.2, 0.25) is 0 Å². The number of rotatable bonds is 1. The minimum Gasteiger partial charge on any atom is -0.393 e. The summed E-state index contributed by atoms with van der Waals surface area (Å²) in [6.45, 7) is 7.47. The van der Waals surface area contributed by atoms with Crippen molar-refractivity contribution in [3.05, 3.63) is 0 Å². The van der Waals surface area contributed by atoms with E-state index in [0.717, 1.165) is 42.4 Å². The van der Waals surface area contributed by atoms with Crippen LogP contribution < -0.4 is 0 Å². The van der Waals surface area contributed by atoms with Crippen molar-refractivity contribution in [3.63, 3.8) is 0 Å². The van der Waals surface area contributed by atoms with Gasteiger partial charge in [0.25, 0.3) is 0 Å². The van der Waals surface area contributed by atoms with E-state index in [2.05, 4.69) is 20.8 Å². The zero-order chi connectivity index (χ0) is 12.2. The Labute approximate surface area is 106 Å². The van der Waals surface area contributed by atoms with Crippen LogP contribution in [0.3, 0.4) is 0 Å². The van der Waals surface area contributed by atoms with Crippen LogP contribution in [-0.2, 0) is 0 Å². The molecule has 0 radical (unpaired) electrons. The van der Waals surface area contributed by atoms with Crippen LogP contribution >= 0.6 is 0 Å². The standard InChI is InChI=1S/C16H28O/c1-10-14-8-12(16(10,2)3)9-15(14)11-4-6-13(17)7-5-11/h10-15,17H,4-9H2,1-3H3/t10-,11?,12+,13?,14+,15+/m1/s1. The average Bonchev–Trinajstić information content (AvgIpc) is 2.81.